The van der Waals surface area contributed by atoms with Crippen LogP contribution in [0.15, 0.2) is 14.7 Å². The molecule has 9 heteroatoms. The Morgan fingerprint density at radius 2 is 2.15 bits per heavy atom. The highest BCUT2D eigenvalue weighted by atomic mass is 79.9. The Bertz CT molecular complexity index is 557. The Kier molecular flexibility index (Phi) is 7.10. The summed E-state index contributed by atoms with van der Waals surface area (Å²) in [7, 11) is -2.37. The first-order valence-electron chi connectivity index (χ1n) is 6.00. The van der Waals surface area contributed by atoms with Crippen molar-refractivity contribution in [3.05, 3.63) is 14.7 Å². The Morgan fingerprint density at radius 3 is 2.75 bits per heavy atom. The summed E-state index contributed by atoms with van der Waals surface area (Å²) < 4.78 is 31.7. The number of ether oxygens (including phenoxy) is 1. The molecule has 0 saturated carbocycles. The van der Waals surface area contributed by atoms with Gasteiger partial charge < -0.3 is 10.1 Å². The molecule has 0 aromatic carbocycles. The van der Waals surface area contributed by atoms with Gasteiger partial charge >= 0.3 is 5.97 Å². The van der Waals surface area contributed by atoms with Crippen molar-refractivity contribution in [3.8, 4) is 0 Å². The summed E-state index contributed by atoms with van der Waals surface area (Å²) in [5.74, 6) is -0.552. The third-order valence-corrected chi connectivity index (χ3v) is 6.10. The fourth-order valence-electron chi connectivity index (χ4n) is 1.41. The number of carbonyl (C=O) groups is 1. The molecule has 114 valence electrons. The predicted molar refractivity (Wildman–Crippen MR) is 81.7 cm³/mol. The molecular weight excluding hydrogens is 368 g/mol. The number of methoxy groups -OCH3 is 1. The van der Waals surface area contributed by atoms with Gasteiger partial charge in [0.2, 0.25) is 10.0 Å². The van der Waals surface area contributed by atoms with E-state index in [4.69, 9.17) is 0 Å². The SMILES string of the molecule is CCNCCCNS(=O)(=O)c1cc(C(=O)OC)sc1Br. The third-order valence-electron chi connectivity index (χ3n) is 2.40. The van der Waals surface area contributed by atoms with Crippen LogP contribution in [0.3, 0.4) is 0 Å². The van der Waals surface area contributed by atoms with Crippen molar-refractivity contribution in [2.75, 3.05) is 26.7 Å². The van der Waals surface area contributed by atoms with Crippen LogP contribution in [0.2, 0.25) is 0 Å². The number of hydrogen-bond donors (Lipinski definition) is 2. The van der Waals surface area contributed by atoms with Gasteiger partial charge in [-0.1, -0.05) is 6.92 Å². The van der Waals surface area contributed by atoms with Crippen LogP contribution in [-0.2, 0) is 14.8 Å². The normalized spacial score (nSPS) is 11.6. The zero-order valence-corrected chi connectivity index (χ0v) is 14.5. The lowest BCUT2D eigenvalue weighted by atomic mass is 10.4. The summed E-state index contributed by atoms with van der Waals surface area (Å²) in [6, 6.07) is 1.31. The van der Waals surface area contributed by atoms with Gasteiger partial charge in [-0.2, -0.15) is 0 Å². The van der Waals surface area contributed by atoms with Crippen LogP contribution in [0.5, 0.6) is 0 Å². The highest BCUT2D eigenvalue weighted by Crippen LogP contribution is 2.31. The molecule has 0 aliphatic carbocycles. The molecule has 0 saturated heterocycles. The first kappa shape index (κ1) is 17.6. The van der Waals surface area contributed by atoms with E-state index in [0.29, 0.717) is 16.8 Å². The lowest BCUT2D eigenvalue weighted by Gasteiger charge is -2.05. The van der Waals surface area contributed by atoms with E-state index in [0.717, 1.165) is 24.4 Å². The molecular formula is C11H17BrN2O4S2. The van der Waals surface area contributed by atoms with Gasteiger partial charge in [0.25, 0.3) is 0 Å². The maximum Gasteiger partial charge on any atom is 0.348 e. The summed E-state index contributed by atoms with van der Waals surface area (Å²) in [4.78, 5) is 11.7. The Hall–Kier alpha value is -0.480. The summed E-state index contributed by atoms with van der Waals surface area (Å²) in [5.41, 5.74) is 0. The smallest absolute Gasteiger partial charge is 0.348 e. The van der Waals surface area contributed by atoms with Crippen LogP contribution in [0.1, 0.15) is 23.0 Å². The molecule has 1 aromatic heterocycles. The molecule has 0 radical (unpaired) electrons. The minimum absolute atomic E-state index is 0.0614. The zero-order chi connectivity index (χ0) is 15.2. The molecule has 0 aliphatic rings. The van der Waals surface area contributed by atoms with Crippen molar-refractivity contribution in [3.63, 3.8) is 0 Å². The zero-order valence-electron chi connectivity index (χ0n) is 11.2. The molecule has 1 heterocycles. The van der Waals surface area contributed by atoms with E-state index in [1.165, 1.54) is 13.2 Å². The molecule has 1 rings (SSSR count). The first-order valence-corrected chi connectivity index (χ1v) is 9.09. The molecule has 0 unspecified atom stereocenters. The number of halogens is 1. The number of esters is 1. The second-order valence-electron chi connectivity index (χ2n) is 3.85. The summed E-state index contributed by atoms with van der Waals surface area (Å²) in [5, 5.41) is 3.11. The van der Waals surface area contributed by atoms with Gasteiger partial charge in [-0.05, 0) is 41.5 Å². The van der Waals surface area contributed by atoms with E-state index in [1.54, 1.807) is 0 Å². The Morgan fingerprint density at radius 1 is 1.45 bits per heavy atom. The van der Waals surface area contributed by atoms with E-state index in [2.05, 4.69) is 30.7 Å². The van der Waals surface area contributed by atoms with Crippen LogP contribution in [0, 0.1) is 0 Å². The number of thiophene rings is 1. The quantitative estimate of drug-likeness (QED) is 0.524. The van der Waals surface area contributed by atoms with Crippen molar-refractivity contribution < 1.29 is 17.9 Å². The number of rotatable bonds is 8. The standard InChI is InChI=1S/C11H17BrN2O4S2/c1-3-13-5-4-6-14-20(16,17)9-7-8(11(15)18-2)19-10(9)12/h7,13-14H,3-6H2,1-2H3. The largest absolute Gasteiger partial charge is 0.465 e. The average Bonchev–Trinajstić information content (AvgIpc) is 2.80. The van der Waals surface area contributed by atoms with Gasteiger partial charge in [0.05, 0.1) is 10.9 Å². The van der Waals surface area contributed by atoms with Crippen molar-refractivity contribution >= 4 is 43.3 Å². The van der Waals surface area contributed by atoms with Gasteiger partial charge in [-0.25, -0.2) is 17.9 Å². The van der Waals surface area contributed by atoms with Crippen molar-refractivity contribution in [2.45, 2.75) is 18.2 Å². The molecule has 1 aromatic rings. The minimum atomic E-state index is -3.62. The second-order valence-corrected chi connectivity index (χ2v) is 7.95. The lowest BCUT2D eigenvalue weighted by molar-refractivity contribution is 0.0606. The summed E-state index contributed by atoms with van der Waals surface area (Å²) >= 11 is 4.20. The van der Waals surface area contributed by atoms with Crippen molar-refractivity contribution in [1.29, 1.82) is 0 Å². The fraction of sp³-hybridized carbons (Fsp3) is 0.545. The highest BCUT2D eigenvalue weighted by molar-refractivity contribution is 9.11. The van der Waals surface area contributed by atoms with Crippen LogP contribution < -0.4 is 10.0 Å². The van der Waals surface area contributed by atoms with Crippen molar-refractivity contribution in [2.24, 2.45) is 0 Å². The van der Waals surface area contributed by atoms with Gasteiger partial charge in [0.15, 0.2) is 0 Å². The Labute approximate surface area is 131 Å². The molecule has 2 N–H and O–H groups in total. The van der Waals surface area contributed by atoms with E-state index >= 15 is 0 Å². The fourth-order valence-corrected chi connectivity index (χ4v) is 4.97. The van der Waals surface area contributed by atoms with Gasteiger partial charge in [0.1, 0.15) is 9.77 Å². The van der Waals surface area contributed by atoms with Crippen LogP contribution >= 0.6 is 27.3 Å². The first-order chi connectivity index (χ1) is 9.42. The Balaban J connectivity index is 2.72. The van der Waals surface area contributed by atoms with Gasteiger partial charge in [0, 0.05) is 6.54 Å². The number of hydrogen-bond acceptors (Lipinski definition) is 6. The van der Waals surface area contributed by atoms with Crippen molar-refractivity contribution in [1.82, 2.24) is 10.0 Å². The molecule has 6 nitrogen and oxygen atoms in total. The predicted octanol–water partition coefficient (Wildman–Crippen LogP) is 1.58. The van der Waals surface area contributed by atoms with E-state index in [1.807, 2.05) is 6.92 Å². The molecule has 0 spiro atoms. The monoisotopic (exact) mass is 384 g/mol. The highest BCUT2D eigenvalue weighted by Gasteiger charge is 2.23. The van der Waals surface area contributed by atoms with Crippen LogP contribution in [0.25, 0.3) is 0 Å². The average molecular weight is 385 g/mol. The maximum absolute atomic E-state index is 12.1. The third kappa shape index (κ3) is 4.81. The van der Waals surface area contributed by atoms with E-state index in [-0.39, 0.29) is 9.77 Å². The van der Waals surface area contributed by atoms with Gasteiger partial charge in [-0.15, -0.1) is 11.3 Å². The lowest BCUT2D eigenvalue weighted by Crippen LogP contribution is -2.27. The number of sulfonamides is 1. The molecule has 0 amide bonds. The maximum atomic E-state index is 12.1. The molecule has 0 fully saturated rings. The van der Waals surface area contributed by atoms with E-state index in [9.17, 15) is 13.2 Å². The van der Waals surface area contributed by atoms with Crippen LogP contribution in [0.4, 0.5) is 0 Å². The van der Waals surface area contributed by atoms with Gasteiger partial charge in [-0.3, -0.25) is 0 Å². The second kappa shape index (κ2) is 8.08. The minimum Gasteiger partial charge on any atom is -0.465 e. The summed E-state index contributed by atoms with van der Waals surface area (Å²) in [6.45, 7) is 3.93. The molecule has 0 atom stereocenters. The topological polar surface area (TPSA) is 84.5 Å². The number of carbonyl (C=O) groups excluding carboxylic acids is 1. The summed E-state index contributed by atoms with van der Waals surface area (Å²) in [6.07, 6.45) is 0.693. The molecule has 20 heavy (non-hydrogen) atoms. The van der Waals surface area contributed by atoms with E-state index < -0.39 is 16.0 Å². The molecule has 0 bridgehead atoms. The van der Waals surface area contributed by atoms with Crippen LogP contribution in [-0.4, -0.2) is 41.1 Å². The molecule has 0 aliphatic heterocycles. The number of nitrogens with one attached hydrogen (secondary N) is 2.